The van der Waals surface area contributed by atoms with Gasteiger partial charge in [-0.1, -0.05) is 46.3 Å². The third-order valence-corrected chi connectivity index (χ3v) is 8.44. The van der Waals surface area contributed by atoms with Crippen LogP contribution in [0.1, 0.15) is 33.3 Å². The Morgan fingerprint density at radius 1 is 0.951 bits per heavy atom. The van der Waals surface area contributed by atoms with Gasteiger partial charge in [0.1, 0.15) is 24.1 Å². The van der Waals surface area contributed by atoms with E-state index < -0.39 is 34.1 Å². The van der Waals surface area contributed by atoms with Crippen LogP contribution in [0.25, 0.3) is 0 Å². The van der Waals surface area contributed by atoms with Gasteiger partial charge in [-0.3, -0.25) is 13.9 Å². The second kappa shape index (κ2) is 13.4. The molecule has 0 unspecified atom stereocenters. The standard InChI is InChI=1S/C30H36BrN3O6S/c1-21(29(36)32-30(2,3)4)33(19-22-11-10-12-23(31)17-22)28(35)20-34(41(37,38)25-13-8-7-9-14-25)26-18-24(39-5)15-16-27(26)40-6/h7-18,21H,19-20H2,1-6H3,(H,32,36)/t21-/m0/s1. The van der Waals surface area contributed by atoms with Crippen LogP contribution in [0.5, 0.6) is 11.5 Å². The lowest BCUT2D eigenvalue weighted by atomic mass is 10.1. The number of anilines is 1. The Balaban J connectivity index is 2.12. The van der Waals surface area contributed by atoms with Crippen LogP contribution in [0.4, 0.5) is 5.69 Å². The molecule has 1 N–H and O–H groups in total. The van der Waals surface area contributed by atoms with Crippen molar-refractivity contribution >= 4 is 43.5 Å². The Morgan fingerprint density at radius 3 is 2.22 bits per heavy atom. The number of sulfonamides is 1. The zero-order valence-corrected chi connectivity index (χ0v) is 26.5. The molecule has 3 aromatic carbocycles. The van der Waals surface area contributed by atoms with E-state index in [0.29, 0.717) is 5.75 Å². The topological polar surface area (TPSA) is 105 Å². The van der Waals surface area contributed by atoms with Gasteiger partial charge in [0.2, 0.25) is 11.8 Å². The highest BCUT2D eigenvalue weighted by Gasteiger charge is 2.34. The first kappa shape index (κ1) is 32.0. The normalized spacial score (nSPS) is 12.3. The third-order valence-electron chi connectivity index (χ3n) is 6.17. The monoisotopic (exact) mass is 645 g/mol. The maximum absolute atomic E-state index is 14.1. The van der Waals surface area contributed by atoms with E-state index in [0.717, 1.165) is 14.3 Å². The SMILES string of the molecule is COc1ccc(OC)c(N(CC(=O)N(Cc2cccc(Br)c2)[C@@H](C)C(=O)NC(C)(C)C)S(=O)(=O)c2ccccc2)c1. The van der Waals surface area contributed by atoms with Crippen molar-refractivity contribution in [1.29, 1.82) is 0 Å². The number of rotatable bonds is 11. The quantitative estimate of drug-likeness (QED) is 0.315. The predicted molar refractivity (Wildman–Crippen MR) is 163 cm³/mol. The summed E-state index contributed by atoms with van der Waals surface area (Å²) >= 11 is 3.45. The summed E-state index contributed by atoms with van der Waals surface area (Å²) in [7, 11) is -1.38. The Morgan fingerprint density at radius 2 is 1.63 bits per heavy atom. The molecule has 41 heavy (non-hydrogen) atoms. The van der Waals surface area contributed by atoms with Crippen molar-refractivity contribution in [2.75, 3.05) is 25.1 Å². The molecule has 0 fully saturated rings. The average molecular weight is 647 g/mol. The van der Waals surface area contributed by atoms with Crippen LogP contribution >= 0.6 is 15.9 Å². The second-order valence-corrected chi connectivity index (χ2v) is 13.2. The van der Waals surface area contributed by atoms with E-state index in [1.807, 2.05) is 45.0 Å². The molecule has 0 spiro atoms. The van der Waals surface area contributed by atoms with Gasteiger partial charge in [-0.25, -0.2) is 8.42 Å². The van der Waals surface area contributed by atoms with Gasteiger partial charge >= 0.3 is 0 Å². The van der Waals surface area contributed by atoms with Crippen LogP contribution < -0.4 is 19.1 Å². The molecule has 3 aromatic rings. The van der Waals surface area contributed by atoms with E-state index in [1.165, 1.54) is 37.3 Å². The summed E-state index contributed by atoms with van der Waals surface area (Å²) in [6.07, 6.45) is 0. The van der Waals surface area contributed by atoms with Crippen molar-refractivity contribution in [2.24, 2.45) is 0 Å². The van der Waals surface area contributed by atoms with Crippen LogP contribution in [-0.4, -0.2) is 57.5 Å². The van der Waals surface area contributed by atoms with Crippen LogP contribution in [0.15, 0.2) is 82.2 Å². The third kappa shape index (κ3) is 8.23. The molecule has 220 valence electrons. The summed E-state index contributed by atoms with van der Waals surface area (Å²) < 4.78 is 40.7. The molecular formula is C30H36BrN3O6S. The highest BCUT2D eigenvalue weighted by atomic mass is 79.9. The first-order chi connectivity index (χ1) is 19.3. The number of benzene rings is 3. The molecule has 0 heterocycles. The van der Waals surface area contributed by atoms with E-state index in [1.54, 1.807) is 37.3 Å². The summed E-state index contributed by atoms with van der Waals surface area (Å²) in [5.74, 6) is -0.330. The van der Waals surface area contributed by atoms with E-state index in [2.05, 4.69) is 21.2 Å². The molecule has 0 saturated carbocycles. The minimum Gasteiger partial charge on any atom is -0.497 e. The van der Waals surface area contributed by atoms with Gasteiger partial charge in [0.25, 0.3) is 10.0 Å². The number of methoxy groups -OCH3 is 2. The molecule has 3 rings (SSSR count). The van der Waals surface area contributed by atoms with Gasteiger partial charge in [-0.05, 0) is 69.7 Å². The van der Waals surface area contributed by atoms with Crippen molar-refractivity contribution in [2.45, 2.75) is 50.7 Å². The smallest absolute Gasteiger partial charge is 0.264 e. The maximum Gasteiger partial charge on any atom is 0.264 e. The van der Waals surface area contributed by atoms with E-state index in [9.17, 15) is 18.0 Å². The van der Waals surface area contributed by atoms with Gasteiger partial charge in [0.05, 0.1) is 24.8 Å². The van der Waals surface area contributed by atoms with Gasteiger partial charge < -0.3 is 19.7 Å². The Labute approximate surface area is 250 Å². The number of carbonyl (C=O) groups excluding carboxylic acids is 2. The minimum atomic E-state index is -4.25. The summed E-state index contributed by atoms with van der Waals surface area (Å²) in [4.78, 5) is 28.7. The fourth-order valence-corrected chi connectivity index (χ4v) is 6.00. The molecule has 0 aliphatic carbocycles. The van der Waals surface area contributed by atoms with Gasteiger partial charge in [-0.2, -0.15) is 0 Å². The summed E-state index contributed by atoms with van der Waals surface area (Å²) in [5, 5.41) is 2.92. The van der Waals surface area contributed by atoms with Gasteiger partial charge in [-0.15, -0.1) is 0 Å². The van der Waals surface area contributed by atoms with E-state index in [-0.39, 0.29) is 28.8 Å². The molecule has 9 nitrogen and oxygen atoms in total. The van der Waals surface area contributed by atoms with Gasteiger partial charge in [0, 0.05) is 22.6 Å². The number of carbonyl (C=O) groups is 2. The second-order valence-electron chi connectivity index (χ2n) is 10.4. The van der Waals surface area contributed by atoms with Crippen molar-refractivity contribution < 1.29 is 27.5 Å². The molecule has 0 aliphatic rings. The van der Waals surface area contributed by atoms with E-state index in [4.69, 9.17) is 9.47 Å². The number of hydrogen-bond acceptors (Lipinski definition) is 6. The van der Waals surface area contributed by atoms with Crippen LogP contribution in [0.2, 0.25) is 0 Å². The lowest BCUT2D eigenvalue weighted by Crippen LogP contribution is -2.54. The van der Waals surface area contributed by atoms with E-state index >= 15 is 0 Å². The first-order valence-corrected chi connectivity index (χ1v) is 15.2. The number of hydrogen-bond donors (Lipinski definition) is 1. The summed E-state index contributed by atoms with van der Waals surface area (Å²) in [6.45, 7) is 6.65. The Hall–Kier alpha value is -3.57. The predicted octanol–water partition coefficient (Wildman–Crippen LogP) is 4.99. The van der Waals surface area contributed by atoms with Crippen LogP contribution in [-0.2, 0) is 26.2 Å². The maximum atomic E-state index is 14.1. The van der Waals surface area contributed by atoms with Crippen molar-refractivity contribution in [3.05, 3.63) is 82.8 Å². The van der Waals surface area contributed by atoms with Crippen molar-refractivity contribution in [3.63, 3.8) is 0 Å². The lowest BCUT2D eigenvalue weighted by Gasteiger charge is -2.33. The highest BCUT2D eigenvalue weighted by Crippen LogP contribution is 2.36. The average Bonchev–Trinajstić information content (AvgIpc) is 2.93. The molecular weight excluding hydrogens is 610 g/mol. The molecule has 0 saturated heterocycles. The lowest BCUT2D eigenvalue weighted by molar-refractivity contribution is -0.140. The molecule has 0 aliphatic heterocycles. The minimum absolute atomic E-state index is 0.00487. The molecule has 11 heteroatoms. The fourth-order valence-electron chi connectivity index (χ4n) is 4.11. The van der Waals surface area contributed by atoms with Crippen LogP contribution in [0.3, 0.4) is 0 Å². The first-order valence-electron chi connectivity index (χ1n) is 12.9. The Bertz CT molecular complexity index is 1480. The molecule has 0 aromatic heterocycles. The van der Waals surface area contributed by atoms with Gasteiger partial charge in [0.15, 0.2) is 0 Å². The molecule has 0 bridgehead atoms. The zero-order valence-electron chi connectivity index (χ0n) is 24.0. The Kier molecular flexibility index (Phi) is 10.4. The zero-order chi connectivity index (χ0) is 30.4. The fraction of sp³-hybridized carbons (Fsp3) is 0.333. The van der Waals surface area contributed by atoms with Crippen molar-refractivity contribution in [1.82, 2.24) is 10.2 Å². The number of halogens is 1. The summed E-state index contributed by atoms with van der Waals surface area (Å²) in [5.41, 5.74) is 0.352. The number of amides is 2. The molecule has 1 atom stereocenters. The number of ether oxygens (including phenoxy) is 2. The van der Waals surface area contributed by atoms with Crippen molar-refractivity contribution in [3.8, 4) is 11.5 Å². The largest absolute Gasteiger partial charge is 0.497 e. The number of nitrogens with one attached hydrogen (secondary N) is 1. The molecule has 0 radical (unpaired) electrons. The number of nitrogens with zero attached hydrogens (tertiary/aromatic N) is 2. The highest BCUT2D eigenvalue weighted by molar-refractivity contribution is 9.10. The summed E-state index contributed by atoms with van der Waals surface area (Å²) in [6, 6.07) is 19.0. The molecule has 2 amide bonds. The van der Waals surface area contributed by atoms with Crippen LogP contribution in [0, 0.1) is 0 Å².